The van der Waals surface area contributed by atoms with Crippen molar-refractivity contribution in [2.45, 2.75) is 33.2 Å². The molecule has 1 atom stereocenters. The van der Waals surface area contributed by atoms with Crippen molar-refractivity contribution in [3.8, 4) is 0 Å². The van der Waals surface area contributed by atoms with E-state index < -0.39 is 5.76 Å². The van der Waals surface area contributed by atoms with Crippen LogP contribution in [0.1, 0.15) is 37.6 Å². The van der Waals surface area contributed by atoms with E-state index in [4.69, 9.17) is 4.42 Å². The van der Waals surface area contributed by atoms with E-state index in [9.17, 15) is 14.7 Å². The number of aryl methyl sites for hydroxylation is 1. The molecule has 0 bridgehead atoms. The molecule has 1 amide bonds. The van der Waals surface area contributed by atoms with Crippen molar-refractivity contribution in [1.29, 1.82) is 0 Å². The summed E-state index contributed by atoms with van der Waals surface area (Å²) in [6, 6.07) is 4.67. The molecular formula is C16H22N2O4. The summed E-state index contributed by atoms with van der Waals surface area (Å²) in [5, 5.41) is 12.3. The zero-order chi connectivity index (χ0) is 16.5. The second-order valence-corrected chi connectivity index (χ2v) is 6.70. The number of para-hydroxylation sites is 1. The van der Waals surface area contributed by atoms with E-state index in [2.05, 4.69) is 5.32 Å². The Kier molecular flexibility index (Phi) is 4.42. The number of benzene rings is 1. The van der Waals surface area contributed by atoms with Gasteiger partial charge in [0.2, 0.25) is 0 Å². The van der Waals surface area contributed by atoms with Crippen molar-refractivity contribution in [2.24, 2.45) is 12.5 Å². The fraction of sp³-hybridized carbons (Fsp3) is 0.500. The lowest BCUT2D eigenvalue weighted by molar-refractivity contribution is 0.0898. The second-order valence-electron chi connectivity index (χ2n) is 6.70. The van der Waals surface area contributed by atoms with Gasteiger partial charge in [-0.2, -0.15) is 0 Å². The molecule has 0 saturated heterocycles. The lowest BCUT2D eigenvalue weighted by Gasteiger charge is -2.25. The van der Waals surface area contributed by atoms with Crippen molar-refractivity contribution in [2.75, 3.05) is 6.61 Å². The van der Waals surface area contributed by atoms with Crippen LogP contribution in [0.5, 0.6) is 0 Å². The number of hydrogen-bond acceptors (Lipinski definition) is 4. The number of nitrogens with one attached hydrogen (secondary N) is 1. The number of aliphatic hydroxyl groups is 1. The van der Waals surface area contributed by atoms with Crippen LogP contribution in [-0.2, 0) is 7.05 Å². The molecule has 2 rings (SSSR count). The van der Waals surface area contributed by atoms with Crippen LogP contribution >= 0.6 is 0 Å². The first-order valence-electron chi connectivity index (χ1n) is 7.23. The third-order valence-corrected chi connectivity index (χ3v) is 3.48. The van der Waals surface area contributed by atoms with Gasteiger partial charge in [-0.25, -0.2) is 4.79 Å². The molecule has 0 fully saturated rings. The summed E-state index contributed by atoms with van der Waals surface area (Å²) in [5.74, 6) is -0.869. The molecule has 1 heterocycles. The molecule has 0 radical (unpaired) electrons. The number of rotatable bonds is 4. The highest BCUT2D eigenvalue weighted by Crippen LogP contribution is 2.22. The lowest BCUT2D eigenvalue weighted by atomic mass is 9.88. The molecule has 0 saturated carbocycles. The van der Waals surface area contributed by atoms with Crippen LogP contribution in [0.25, 0.3) is 11.1 Å². The van der Waals surface area contributed by atoms with E-state index >= 15 is 0 Å². The Hall–Kier alpha value is -2.08. The first kappa shape index (κ1) is 16.3. The number of carbonyl (C=O) groups is 1. The number of fused-ring (bicyclic) bond motifs is 1. The van der Waals surface area contributed by atoms with Crippen molar-refractivity contribution in [1.82, 2.24) is 9.88 Å². The summed E-state index contributed by atoms with van der Waals surface area (Å²) in [5.41, 5.74) is 1.10. The van der Waals surface area contributed by atoms with Crippen LogP contribution in [0.3, 0.4) is 0 Å². The van der Waals surface area contributed by atoms with Gasteiger partial charge in [0.25, 0.3) is 5.91 Å². The van der Waals surface area contributed by atoms with Crippen LogP contribution < -0.4 is 11.1 Å². The Bertz CT molecular complexity index is 737. The summed E-state index contributed by atoms with van der Waals surface area (Å²) in [7, 11) is 1.59. The summed E-state index contributed by atoms with van der Waals surface area (Å²) in [4.78, 5) is 24.0. The molecule has 1 aromatic carbocycles. The predicted molar refractivity (Wildman–Crippen MR) is 83.9 cm³/mol. The molecule has 0 aliphatic heterocycles. The lowest BCUT2D eigenvalue weighted by Crippen LogP contribution is -2.40. The number of hydrogen-bond donors (Lipinski definition) is 2. The quantitative estimate of drug-likeness (QED) is 0.899. The number of amides is 1. The van der Waals surface area contributed by atoms with Crippen molar-refractivity contribution in [3.05, 3.63) is 34.3 Å². The molecule has 120 valence electrons. The predicted octanol–water partition coefficient (Wildman–Crippen LogP) is 1.66. The molecule has 0 aliphatic carbocycles. The smallest absolute Gasteiger partial charge is 0.407 e. The standard InChI is InChI=1S/C16H22N2O4/c1-16(2,3)8-10(9-19)17-14(20)11-6-5-7-12-13(11)22-15(21)18(12)4/h5-7,10,19H,8-9H2,1-4H3,(H,17,20). The maximum atomic E-state index is 12.4. The minimum atomic E-state index is -0.511. The number of aromatic nitrogens is 1. The third kappa shape index (κ3) is 3.39. The van der Waals surface area contributed by atoms with Crippen LogP contribution in [0, 0.1) is 5.41 Å². The topological polar surface area (TPSA) is 84.5 Å². The Morgan fingerprint density at radius 1 is 1.41 bits per heavy atom. The molecule has 2 aromatic rings. The van der Waals surface area contributed by atoms with E-state index in [1.807, 2.05) is 20.8 Å². The molecule has 22 heavy (non-hydrogen) atoms. The van der Waals surface area contributed by atoms with Gasteiger partial charge in [-0.05, 0) is 24.0 Å². The highest BCUT2D eigenvalue weighted by Gasteiger charge is 2.22. The fourth-order valence-corrected chi connectivity index (χ4v) is 2.49. The highest BCUT2D eigenvalue weighted by molar-refractivity contribution is 6.04. The van der Waals surface area contributed by atoms with Gasteiger partial charge in [0, 0.05) is 7.05 Å². The third-order valence-electron chi connectivity index (χ3n) is 3.48. The number of oxazole rings is 1. The first-order valence-corrected chi connectivity index (χ1v) is 7.23. The summed E-state index contributed by atoms with van der Waals surface area (Å²) < 4.78 is 6.50. The van der Waals surface area contributed by atoms with Gasteiger partial charge in [-0.3, -0.25) is 9.36 Å². The number of aliphatic hydroxyl groups excluding tert-OH is 1. The molecule has 0 spiro atoms. The Labute approximate surface area is 128 Å². The van der Waals surface area contributed by atoms with E-state index in [0.717, 1.165) is 0 Å². The maximum absolute atomic E-state index is 12.4. The Morgan fingerprint density at radius 3 is 2.68 bits per heavy atom. The van der Waals surface area contributed by atoms with Crippen molar-refractivity contribution >= 4 is 17.0 Å². The van der Waals surface area contributed by atoms with Crippen molar-refractivity contribution < 1.29 is 14.3 Å². The second kappa shape index (κ2) is 5.96. The maximum Gasteiger partial charge on any atom is 0.419 e. The molecule has 1 unspecified atom stereocenters. The highest BCUT2D eigenvalue weighted by atomic mass is 16.4. The van der Waals surface area contributed by atoms with Gasteiger partial charge in [-0.15, -0.1) is 0 Å². The van der Waals surface area contributed by atoms with E-state index in [-0.39, 0.29) is 29.6 Å². The first-order chi connectivity index (χ1) is 10.2. The van der Waals surface area contributed by atoms with Gasteiger partial charge in [-0.1, -0.05) is 26.8 Å². The SMILES string of the molecule is Cn1c(=O)oc2c(C(=O)NC(CO)CC(C)(C)C)cccc21. The van der Waals surface area contributed by atoms with Gasteiger partial charge in [0.05, 0.1) is 23.7 Å². The fourth-order valence-electron chi connectivity index (χ4n) is 2.49. The molecule has 0 aliphatic rings. The molecule has 1 aromatic heterocycles. The van der Waals surface area contributed by atoms with Gasteiger partial charge in [0.15, 0.2) is 5.58 Å². The van der Waals surface area contributed by atoms with Crippen LogP contribution in [0.4, 0.5) is 0 Å². The van der Waals surface area contributed by atoms with E-state index in [0.29, 0.717) is 17.5 Å². The van der Waals surface area contributed by atoms with Gasteiger partial charge >= 0.3 is 5.76 Å². The van der Waals surface area contributed by atoms with Crippen molar-refractivity contribution in [3.63, 3.8) is 0 Å². The van der Waals surface area contributed by atoms with Crippen LogP contribution in [0.15, 0.2) is 27.4 Å². The average molecular weight is 306 g/mol. The van der Waals surface area contributed by atoms with E-state index in [1.54, 1.807) is 25.2 Å². The molecule has 2 N–H and O–H groups in total. The molecular weight excluding hydrogens is 284 g/mol. The Morgan fingerprint density at radius 2 is 2.09 bits per heavy atom. The molecule has 6 nitrogen and oxygen atoms in total. The van der Waals surface area contributed by atoms with Crippen LogP contribution in [0.2, 0.25) is 0 Å². The van der Waals surface area contributed by atoms with Crippen LogP contribution in [-0.4, -0.2) is 28.2 Å². The summed E-state index contributed by atoms with van der Waals surface area (Å²) in [6.07, 6.45) is 0.643. The largest absolute Gasteiger partial charge is 0.419 e. The zero-order valence-corrected chi connectivity index (χ0v) is 13.3. The zero-order valence-electron chi connectivity index (χ0n) is 13.3. The summed E-state index contributed by atoms with van der Waals surface area (Å²) in [6.45, 7) is 5.98. The average Bonchev–Trinajstić information content (AvgIpc) is 2.72. The normalized spacial score (nSPS) is 13.3. The monoisotopic (exact) mass is 306 g/mol. The van der Waals surface area contributed by atoms with E-state index in [1.165, 1.54) is 4.57 Å². The van der Waals surface area contributed by atoms with Gasteiger partial charge in [0.1, 0.15) is 0 Å². The Balaban J connectivity index is 2.30. The number of nitrogens with zero attached hydrogens (tertiary/aromatic N) is 1. The molecule has 6 heteroatoms. The minimum absolute atomic E-state index is 0.0218. The number of carbonyl (C=O) groups excluding carboxylic acids is 1. The van der Waals surface area contributed by atoms with Gasteiger partial charge < -0.3 is 14.8 Å². The summed E-state index contributed by atoms with van der Waals surface area (Å²) >= 11 is 0. The minimum Gasteiger partial charge on any atom is -0.407 e.